The number of nitrogens with one attached hydrogen (secondary N) is 2. The first-order chi connectivity index (χ1) is 6.72. The molecule has 1 amide bonds. The van der Waals surface area contributed by atoms with Gasteiger partial charge in [0, 0.05) is 7.11 Å². The standard InChI is InChI=1S/C10H14N2O2/c1-8-3-5-9(6-4-8)11-12-10(13)7-14-2/h3-6,11H,7H2,1-2H3,(H,12,13). The van der Waals surface area contributed by atoms with E-state index < -0.39 is 0 Å². The number of hydrazine groups is 1. The fourth-order valence-electron chi connectivity index (χ4n) is 0.946. The first kappa shape index (κ1) is 10.5. The minimum atomic E-state index is -0.201. The van der Waals surface area contributed by atoms with Crippen LogP contribution in [0.4, 0.5) is 5.69 Å². The summed E-state index contributed by atoms with van der Waals surface area (Å²) >= 11 is 0. The molecule has 76 valence electrons. The number of ether oxygens (including phenoxy) is 1. The van der Waals surface area contributed by atoms with E-state index in [9.17, 15) is 4.79 Å². The molecule has 0 heterocycles. The van der Waals surface area contributed by atoms with Crippen LogP contribution < -0.4 is 10.9 Å². The first-order valence-electron chi connectivity index (χ1n) is 4.33. The van der Waals surface area contributed by atoms with E-state index in [1.54, 1.807) is 0 Å². The average Bonchev–Trinajstić information content (AvgIpc) is 2.17. The predicted octanol–water partition coefficient (Wildman–Crippen LogP) is 1.08. The lowest BCUT2D eigenvalue weighted by Crippen LogP contribution is -2.32. The van der Waals surface area contributed by atoms with E-state index in [-0.39, 0.29) is 12.5 Å². The number of methoxy groups -OCH3 is 1. The van der Waals surface area contributed by atoms with Crippen LogP contribution in [-0.2, 0) is 9.53 Å². The highest BCUT2D eigenvalue weighted by Gasteiger charge is 1.97. The summed E-state index contributed by atoms with van der Waals surface area (Å²) in [7, 11) is 1.48. The molecule has 1 aromatic carbocycles. The summed E-state index contributed by atoms with van der Waals surface area (Å²) in [6.07, 6.45) is 0. The summed E-state index contributed by atoms with van der Waals surface area (Å²) in [4.78, 5) is 11.0. The SMILES string of the molecule is COCC(=O)NNc1ccc(C)cc1. The van der Waals surface area contributed by atoms with E-state index in [1.165, 1.54) is 12.7 Å². The molecule has 0 saturated carbocycles. The number of anilines is 1. The number of benzene rings is 1. The molecular formula is C10H14N2O2. The first-order valence-corrected chi connectivity index (χ1v) is 4.33. The minimum Gasteiger partial charge on any atom is -0.375 e. The molecule has 0 unspecified atom stereocenters. The molecule has 1 rings (SSSR count). The van der Waals surface area contributed by atoms with E-state index in [0.717, 1.165) is 5.69 Å². The van der Waals surface area contributed by atoms with E-state index in [0.29, 0.717) is 0 Å². The van der Waals surface area contributed by atoms with E-state index >= 15 is 0 Å². The van der Waals surface area contributed by atoms with Crippen molar-refractivity contribution in [3.63, 3.8) is 0 Å². The predicted molar refractivity (Wildman–Crippen MR) is 54.8 cm³/mol. The van der Waals surface area contributed by atoms with Gasteiger partial charge in [0.1, 0.15) is 6.61 Å². The van der Waals surface area contributed by atoms with Crippen molar-refractivity contribution in [3.8, 4) is 0 Å². The number of rotatable bonds is 4. The fraction of sp³-hybridized carbons (Fsp3) is 0.300. The van der Waals surface area contributed by atoms with Crippen LogP contribution in [0.15, 0.2) is 24.3 Å². The third-order valence-corrected chi connectivity index (χ3v) is 1.67. The molecule has 0 bridgehead atoms. The molecule has 2 N–H and O–H groups in total. The lowest BCUT2D eigenvalue weighted by molar-refractivity contribution is -0.124. The largest absolute Gasteiger partial charge is 0.375 e. The van der Waals surface area contributed by atoms with Crippen LogP contribution in [0.25, 0.3) is 0 Å². The van der Waals surface area contributed by atoms with Crippen LogP contribution in [0.5, 0.6) is 0 Å². The maximum absolute atomic E-state index is 11.0. The van der Waals surface area contributed by atoms with E-state index in [2.05, 4.69) is 15.6 Å². The zero-order valence-electron chi connectivity index (χ0n) is 8.33. The Morgan fingerprint density at radius 2 is 2.00 bits per heavy atom. The van der Waals surface area contributed by atoms with Crippen LogP contribution in [-0.4, -0.2) is 19.6 Å². The molecule has 0 aromatic heterocycles. The molecule has 0 aliphatic rings. The Labute approximate surface area is 83.2 Å². The second-order valence-electron chi connectivity index (χ2n) is 2.97. The second kappa shape index (κ2) is 5.24. The minimum absolute atomic E-state index is 0.0544. The Balaban J connectivity index is 2.38. The molecule has 0 atom stereocenters. The van der Waals surface area contributed by atoms with Gasteiger partial charge in [-0.25, -0.2) is 0 Å². The van der Waals surface area contributed by atoms with Gasteiger partial charge in [-0.15, -0.1) is 0 Å². The smallest absolute Gasteiger partial charge is 0.264 e. The molecule has 1 aromatic rings. The van der Waals surface area contributed by atoms with Gasteiger partial charge in [-0.05, 0) is 19.1 Å². The molecule has 4 nitrogen and oxygen atoms in total. The van der Waals surface area contributed by atoms with Crippen LogP contribution in [0, 0.1) is 6.92 Å². The third-order valence-electron chi connectivity index (χ3n) is 1.67. The number of amides is 1. The van der Waals surface area contributed by atoms with Crippen LogP contribution >= 0.6 is 0 Å². The summed E-state index contributed by atoms with van der Waals surface area (Å²) < 4.78 is 4.66. The number of aryl methyl sites for hydroxylation is 1. The van der Waals surface area contributed by atoms with Gasteiger partial charge in [0.15, 0.2) is 0 Å². The molecule has 0 radical (unpaired) electrons. The summed E-state index contributed by atoms with van der Waals surface area (Å²) in [5.41, 5.74) is 7.31. The summed E-state index contributed by atoms with van der Waals surface area (Å²) in [6.45, 7) is 2.06. The van der Waals surface area contributed by atoms with Gasteiger partial charge in [0.2, 0.25) is 0 Å². The van der Waals surface area contributed by atoms with E-state index in [4.69, 9.17) is 0 Å². The van der Waals surface area contributed by atoms with Crippen molar-refractivity contribution < 1.29 is 9.53 Å². The summed E-state index contributed by atoms with van der Waals surface area (Å²) in [5, 5.41) is 0. The Hall–Kier alpha value is -1.55. The van der Waals surface area contributed by atoms with Crippen LogP contribution in [0.3, 0.4) is 0 Å². The normalized spacial score (nSPS) is 9.57. The van der Waals surface area contributed by atoms with Gasteiger partial charge >= 0.3 is 0 Å². The van der Waals surface area contributed by atoms with Gasteiger partial charge in [0.05, 0.1) is 5.69 Å². The third kappa shape index (κ3) is 3.45. The van der Waals surface area contributed by atoms with Crippen molar-refractivity contribution in [3.05, 3.63) is 29.8 Å². The highest BCUT2D eigenvalue weighted by Crippen LogP contribution is 2.06. The number of hydrogen-bond acceptors (Lipinski definition) is 3. The van der Waals surface area contributed by atoms with Crippen molar-refractivity contribution in [2.24, 2.45) is 0 Å². The zero-order chi connectivity index (χ0) is 10.4. The van der Waals surface area contributed by atoms with Gasteiger partial charge < -0.3 is 4.74 Å². The van der Waals surface area contributed by atoms with Gasteiger partial charge in [-0.2, -0.15) is 0 Å². The maximum Gasteiger partial charge on any atom is 0.264 e. The lowest BCUT2D eigenvalue weighted by Gasteiger charge is -2.07. The molecule has 0 aliphatic heterocycles. The summed E-state index contributed by atoms with van der Waals surface area (Å²) in [5.74, 6) is -0.201. The Morgan fingerprint density at radius 1 is 1.36 bits per heavy atom. The van der Waals surface area contributed by atoms with Crippen molar-refractivity contribution in [2.75, 3.05) is 19.1 Å². The molecule has 0 saturated heterocycles. The van der Waals surface area contributed by atoms with Gasteiger partial charge in [-0.3, -0.25) is 15.6 Å². The van der Waals surface area contributed by atoms with E-state index in [1.807, 2.05) is 31.2 Å². The van der Waals surface area contributed by atoms with Gasteiger partial charge in [0.25, 0.3) is 5.91 Å². The van der Waals surface area contributed by atoms with Crippen molar-refractivity contribution in [2.45, 2.75) is 6.92 Å². The summed E-state index contributed by atoms with van der Waals surface area (Å²) in [6, 6.07) is 7.71. The monoisotopic (exact) mass is 194 g/mol. The molecule has 14 heavy (non-hydrogen) atoms. The number of carbonyl (C=O) groups excluding carboxylic acids is 1. The van der Waals surface area contributed by atoms with Crippen molar-refractivity contribution in [1.82, 2.24) is 5.43 Å². The Kier molecular flexibility index (Phi) is 3.94. The number of carbonyl (C=O) groups is 1. The molecule has 0 aliphatic carbocycles. The molecule has 4 heteroatoms. The quantitative estimate of drug-likeness (QED) is 0.705. The topological polar surface area (TPSA) is 50.4 Å². The Morgan fingerprint density at radius 3 is 2.57 bits per heavy atom. The maximum atomic E-state index is 11.0. The second-order valence-corrected chi connectivity index (χ2v) is 2.97. The lowest BCUT2D eigenvalue weighted by atomic mass is 10.2. The average molecular weight is 194 g/mol. The van der Waals surface area contributed by atoms with Crippen molar-refractivity contribution >= 4 is 11.6 Å². The molecular weight excluding hydrogens is 180 g/mol. The highest BCUT2D eigenvalue weighted by molar-refractivity contribution is 5.78. The van der Waals surface area contributed by atoms with Gasteiger partial charge in [-0.1, -0.05) is 17.7 Å². The fourth-order valence-corrected chi connectivity index (χ4v) is 0.946. The highest BCUT2D eigenvalue weighted by atomic mass is 16.5. The zero-order valence-corrected chi connectivity index (χ0v) is 8.33. The number of hydrogen-bond donors (Lipinski definition) is 2. The van der Waals surface area contributed by atoms with Crippen molar-refractivity contribution in [1.29, 1.82) is 0 Å². The molecule has 0 fully saturated rings. The molecule has 0 spiro atoms. The Bertz CT molecular complexity index is 295. The van der Waals surface area contributed by atoms with Crippen LogP contribution in [0.2, 0.25) is 0 Å². The van der Waals surface area contributed by atoms with Crippen LogP contribution in [0.1, 0.15) is 5.56 Å².